The molecule has 0 radical (unpaired) electrons. The van der Waals surface area contributed by atoms with Gasteiger partial charge in [0.25, 0.3) is 0 Å². The molecule has 96 valence electrons. The van der Waals surface area contributed by atoms with E-state index in [1.54, 1.807) is 39.3 Å². The first-order chi connectivity index (χ1) is 8.71. The Morgan fingerprint density at radius 1 is 1.28 bits per heavy atom. The molecule has 5 nitrogen and oxygen atoms in total. The maximum atomic E-state index is 9.37. The van der Waals surface area contributed by atoms with Gasteiger partial charge >= 0.3 is 0 Å². The Labute approximate surface area is 105 Å². The zero-order chi connectivity index (χ0) is 13.1. The molecule has 0 aliphatic heterocycles. The van der Waals surface area contributed by atoms with Crippen molar-refractivity contribution >= 4 is 0 Å². The molecule has 0 fully saturated rings. The number of nitrogens with zero attached hydrogens (tertiary/aromatic N) is 1. The fraction of sp³-hybridized carbons (Fsp3) is 0.308. The summed E-state index contributed by atoms with van der Waals surface area (Å²) in [6.07, 6.45) is 0. The van der Waals surface area contributed by atoms with Crippen molar-refractivity contribution in [3.63, 3.8) is 0 Å². The Morgan fingerprint density at radius 3 is 2.67 bits per heavy atom. The Hall–Kier alpha value is -2.01. The second-order valence-electron chi connectivity index (χ2n) is 3.79. The molecule has 1 N–H and O–H groups in total. The summed E-state index contributed by atoms with van der Waals surface area (Å²) in [6, 6.07) is 5.39. The van der Waals surface area contributed by atoms with Gasteiger partial charge < -0.3 is 19.1 Å². The van der Waals surface area contributed by atoms with Crippen LogP contribution >= 0.6 is 0 Å². The second kappa shape index (κ2) is 5.10. The predicted molar refractivity (Wildman–Crippen MR) is 65.7 cm³/mol. The van der Waals surface area contributed by atoms with Gasteiger partial charge in [-0.3, -0.25) is 0 Å². The average Bonchev–Trinajstić information content (AvgIpc) is 2.78. The van der Waals surface area contributed by atoms with Crippen LogP contribution < -0.4 is 9.47 Å². The predicted octanol–water partition coefficient (Wildman–Crippen LogP) is 2.16. The maximum Gasteiger partial charge on any atom is 0.139 e. The number of benzene rings is 1. The largest absolute Gasteiger partial charge is 0.497 e. The number of aromatic nitrogens is 1. The molecule has 0 saturated carbocycles. The minimum Gasteiger partial charge on any atom is -0.497 e. The van der Waals surface area contributed by atoms with Gasteiger partial charge in [0.15, 0.2) is 0 Å². The number of aliphatic hydroxyl groups is 1. The van der Waals surface area contributed by atoms with E-state index in [1.165, 1.54) is 0 Å². The highest BCUT2D eigenvalue weighted by atomic mass is 16.5. The third-order valence-corrected chi connectivity index (χ3v) is 2.80. The van der Waals surface area contributed by atoms with Gasteiger partial charge in [-0.2, -0.15) is 0 Å². The average molecular weight is 249 g/mol. The van der Waals surface area contributed by atoms with E-state index in [-0.39, 0.29) is 6.61 Å². The van der Waals surface area contributed by atoms with Crippen LogP contribution in [0.3, 0.4) is 0 Å². The highest BCUT2D eigenvalue weighted by Gasteiger charge is 2.18. The fourth-order valence-corrected chi connectivity index (χ4v) is 1.79. The lowest BCUT2D eigenvalue weighted by Crippen LogP contribution is -1.93. The topological polar surface area (TPSA) is 64.7 Å². The number of aryl methyl sites for hydroxylation is 1. The zero-order valence-corrected chi connectivity index (χ0v) is 10.6. The summed E-state index contributed by atoms with van der Waals surface area (Å²) < 4.78 is 15.6. The molecule has 0 spiro atoms. The van der Waals surface area contributed by atoms with E-state index in [4.69, 9.17) is 14.0 Å². The molecule has 18 heavy (non-hydrogen) atoms. The third kappa shape index (κ3) is 2.04. The fourth-order valence-electron chi connectivity index (χ4n) is 1.79. The van der Waals surface area contributed by atoms with Gasteiger partial charge in [-0.25, -0.2) is 0 Å². The molecule has 0 aliphatic rings. The molecule has 0 bridgehead atoms. The summed E-state index contributed by atoms with van der Waals surface area (Å²) in [4.78, 5) is 0. The lowest BCUT2D eigenvalue weighted by Gasteiger charge is -2.09. The summed E-state index contributed by atoms with van der Waals surface area (Å²) in [6.45, 7) is 1.62. The van der Waals surface area contributed by atoms with Crippen molar-refractivity contribution in [2.75, 3.05) is 14.2 Å². The molecule has 1 heterocycles. The van der Waals surface area contributed by atoms with E-state index in [1.807, 2.05) is 0 Å². The molecular formula is C13H15NO4. The highest BCUT2D eigenvalue weighted by Crippen LogP contribution is 2.35. The highest BCUT2D eigenvalue weighted by molar-refractivity contribution is 5.71. The molecule has 0 atom stereocenters. The summed E-state index contributed by atoms with van der Waals surface area (Å²) >= 11 is 0. The zero-order valence-electron chi connectivity index (χ0n) is 10.6. The lowest BCUT2D eigenvalue weighted by atomic mass is 10.1. The normalized spacial score (nSPS) is 10.4. The smallest absolute Gasteiger partial charge is 0.139 e. The van der Waals surface area contributed by atoms with Crippen molar-refractivity contribution in [2.24, 2.45) is 0 Å². The molecule has 2 aromatic rings. The van der Waals surface area contributed by atoms with E-state index in [9.17, 15) is 5.11 Å². The Balaban J connectivity index is 2.60. The van der Waals surface area contributed by atoms with Gasteiger partial charge in [-0.05, 0) is 25.1 Å². The van der Waals surface area contributed by atoms with Crippen LogP contribution in [0.25, 0.3) is 11.3 Å². The quantitative estimate of drug-likeness (QED) is 0.899. The summed E-state index contributed by atoms with van der Waals surface area (Å²) in [5.74, 6) is 1.94. The first kappa shape index (κ1) is 12.4. The molecule has 0 unspecified atom stereocenters. The molecule has 0 aliphatic carbocycles. The number of ether oxygens (including phenoxy) is 2. The van der Waals surface area contributed by atoms with Crippen molar-refractivity contribution in [2.45, 2.75) is 13.5 Å². The van der Waals surface area contributed by atoms with E-state index >= 15 is 0 Å². The molecule has 2 rings (SSSR count). The van der Waals surface area contributed by atoms with Crippen molar-refractivity contribution in [1.82, 2.24) is 5.16 Å². The van der Waals surface area contributed by atoms with Gasteiger partial charge in [0, 0.05) is 11.1 Å². The van der Waals surface area contributed by atoms with Crippen molar-refractivity contribution < 1.29 is 19.1 Å². The van der Waals surface area contributed by atoms with Gasteiger partial charge in [0.2, 0.25) is 0 Å². The first-order valence-corrected chi connectivity index (χ1v) is 5.49. The van der Waals surface area contributed by atoms with Crippen molar-refractivity contribution in [3.8, 4) is 22.8 Å². The number of aliphatic hydroxyl groups excluding tert-OH is 1. The number of rotatable bonds is 4. The molecule has 0 saturated heterocycles. The Morgan fingerprint density at radius 2 is 2.06 bits per heavy atom. The lowest BCUT2D eigenvalue weighted by molar-refractivity contribution is 0.278. The van der Waals surface area contributed by atoms with Gasteiger partial charge in [-0.15, -0.1) is 0 Å². The minimum absolute atomic E-state index is 0.134. The van der Waals surface area contributed by atoms with Crippen LogP contribution in [0, 0.1) is 6.92 Å². The number of methoxy groups -OCH3 is 2. The SMILES string of the molecule is COc1ccc(OC)c(-c2noc(C)c2CO)c1. The number of hydrogen-bond donors (Lipinski definition) is 1. The molecule has 1 aromatic heterocycles. The van der Waals surface area contributed by atoms with Crippen LogP contribution in [0.2, 0.25) is 0 Å². The molecular weight excluding hydrogens is 234 g/mol. The van der Waals surface area contributed by atoms with E-state index in [0.29, 0.717) is 28.5 Å². The summed E-state index contributed by atoms with van der Waals surface area (Å²) in [7, 11) is 3.17. The van der Waals surface area contributed by atoms with Crippen LogP contribution in [0.15, 0.2) is 22.7 Å². The Bertz CT molecular complexity index is 548. The summed E-state index contributed by atoms with van der Waals surface area (Å²) in [5, 5.41) is 13.3. The monoisotopic (exact) mass is 249 g/mol. The van der Waals surface area contributed by atoms with E-state index in [2.05, 4.69) is 5.16 Å². The van der Waals surface area contributed by atoms with Crippen LogP contribution in [0.4, 0.5) is 0 Å². The standard InChI is InChI=1S/C13H15NO4/c1-8-11(7-15)13(14-18-8)10-6-9(16-2)4-5-12(10)17-3/h4-6,15H,7H2,1-3H3. The second-order valence-corrected chi connectivity index (χ2v) is 3.79. The van der Waals surface area contributed by atoms with Crippen LogP contribution in [0.1, 0.15) is 11.3 Å². The number of hydrogen-bond acceptors (Lipinski definition) is 5. The van der Waals surface area contributed by atoms with E-state index < -0.39 is 0 Å². The molecule has 0 amide bonds. The van der Waals surface area contributed by atoms with Crippen molar-refractivity contribution in [1.29, 1.82) is 0 Å². The van der Waals surface area contributed by atoms with Gasteiger partial charge in [0.1, 0.15) is 23.0 Å². The Kier molecular flexibility index (Phi) is 3.53. The summed E-state index contributed by atoms with van der Waals surface area (Å²) in [5.41, 5.74) is 1.96. The van der Waals surface area contributed by atoms with Gasteiger partial charge in [0.05, 0.1) is 20.8 Å². The van der Waals surface area contributed by atoms with Crippen LogP contribution in [-0.2, 0) is 6.61 Å². The van der Waals surface area contributed by atoms with Gasteiger partial charge in [-0.1, -0.05) is 5.16 Å². The minimum atomic E-state index is -0.134. The molecule has 5 heteroatoms. The maximum absolute atomic E-state index is 9.37. The molecule has 1 aromatic carbocycles. The van der Waals surface area contributed by atoms with Crippen LogP contribution in [-0.4, -0.2) is 24.5 Å². The van der Waals surface area contributed by atoms with Crippen molar-refractivity contribution in [3.05, 3.63) is 29.5 Å². The van der Waals surface area contributed by atoms with Crippen LogP contribution in [0.5, 0.6) is 11.5 Å². The van der Waals surface area contributed by atoms with E-state index in [0.717, 1.165) is 5.56 Å². The third-order valence-electron chi connectivity index (χ3n) is 2.80. The first-order valence-electron chi connectivity index (χ1n) is 5.49.